The molecule has 1 aromatic rings. The van der Waals surface area contributed by atoms with Crippen molar-refractivity contribution in [1.29, 1.82) is 0 Å². The van der Waals surface area contributed by atoms with Gasteiger partial charge in [-0.15, -0.1) is 13.2 Å². The highest BCUT2D eigenvalue weighted by Crippen LogP contribution is 2.02. The van der Waals surface area contributed by atoms with Crippen molar-refractivity contribution >= 4 is 0 Å². The molecule has 0 aromatic carbocycles. The van der Waals surface area contributed by atoms with Crippen LogP contribution in [0.5, 0.6) is 0 Å². The van der Waals surface area contributed by atoms with Gasteiger partial charge in [0.05, 0.1) is 12.1 Å². The van der Waals surface area contributed by atoms with Gasteiger partial charge in [0.1, 0.15) is 12.7 Å². The van der Waals surface area contributed by atoms with E-state index in [4.69, 9.17) is 0 Å². The van der Waals surface area contributed by atoms with Gasteiger partial charge in [-0.1, -0.05) is 0 Å². The molecular weight excluding hydrogens is 154 g/mol. The lowest BCUT2D eigenvalue weighted by molar-refractivity contribution is 0.0576. The SMILES string of the molecule is C=C.CC(C)(O)Cn1cncn1. The van der Waals surface area contributed by atoms with Crippen LogP contribution < -0.4 is 0 Å². The summed E-state index contributed by atoms with van der Waals surface area (Å²) in [5, 5.41) is 13.1. The lowest BCUT2D eigenvalue weighted by atomic mass is 10.1. The lowest BCUT2D eigenvalue weighted by Crippen LogP contribution is -2.26. The summed E-state index contributed by atoms with van der Waals surface area (Å²) in [5.74, 6) is 0. The minimum Gasteiger partial charge on any atom is -0.389 e. The Bertz CT molecular complexity index is 201. The predicted molar refractivity (Wildman–Crippen MR) is 47.6 cm³/mol. The quantitative estimate of drug-likeness (QED) is 0.668. The topological polar surface area (TPSA) is 50.9 Å². The molecule has 1 aromatic heterocycles. The molecule has 1 rings (SSSR count). The minimum atomic E-state index is -0.715. The summed E-state index contributed by atoms with van der Waals surface area (Å²) in [4.78, 5) is 3.75. The molecule has 4 heteroatoms. The van der Waals surface area contributed by atoms with Crippen LogP contribution in [-0.2, 0) is 6.54 Å². The molecule has 0 fully saturated rings. The fourth-order valence-corrected chi connectivity index (χ4v) is 0.711. The molecule has 0 saturated heterocycles. The van der Waals surface area contributed by atoms with E-state index in [9.17, 15) is 5.11 Å². The second-order valence-electron chi connectivity index (χ2n) is 2.91. The van der Waals surface area contributed by atoms with E-state index in [-0.39, 0.29) is 0 Å². The zero-order valence-electron chi connectivity index (χ0n) is 7.56. The Morgan fingerprint density at radius 3 is 2.42 bits per heavy atom. The summed E-state index contributed by atoms with van der Waals surface area (Å²) in [5.41, 5.74) is -0.715. The smallest absolute Gasteiger partial charge is 0.137 e. The molecule has 4 nitrogen and oxygen atoms in total. The van der Waals surface area contributed by atoms with E-state index in [1.807, 2.05) is 0 Å². The van der Waals surface area contributed by atoms with E-state index in [1.165, 1.54) is 6.33 Å². The monoisotopic (exact) mass is 169 g/mol. The van der Waals surface area contributed by atoms with E-state index in [0.29, 0.717) is 6.54 Å². The van der Waals surface area contributed by atoms with Crippen molar-refractivity contribution < 1.29 is 5.11 Å². The van der Waals surface area contributed by atoms with Gasteiger partial charge < -0.3 is 5.11 Å². The van der Waals surface area contributed by atoms with Crippen LogP contribution in [-0.4, -0.2) is 25.5 Å². The van der Waals surface area contributed by atoms with Crippen molar-refractivity contribution in [1.82, 2.24) is 14.8 Å². The summed E-state index contributed by atoms with van der Waals surface area (Å²) >= 11 is 0. The standard InChI is InChI=1S/C6H11N3O.C2H4/c1-6(2,10)3-9-5-7-4-8-9;1-2/h4-5,10H,3H2,1-2H3;1-2H2. The third-order valence-electron chi connectivity index (χ3n) is 1.02. The average Bonchev–Trinajstić information content (AvgIpc) is 2.41. The Labute approximate surface area is 72.6 Å². The van der Waals surface area contributed by atoms with Crippen LogP contribution in [0.1, 0.15) is 13.8 Å². The Kier molecular flexibility index (Phi) is 4.21. The molecular formula is C8H15N3O. The van der Waals surface area contributed by atoms with E-state index in [0.717, 1.165) is 0 Å². The number of hydrogen-bond acceptors (Lipinski definition) is 3. The van der Waals surface area contributed by atoms with Crippen molar-refractivity contribution in [3.63, 3.8) is 0 Å². The first-order valence-corrected chi connectivity index (χ1v) is 3.63. The fourth-order valence-electron chi connectivity index (χ4n) is 0.711. The zero-order valence-corrected chi connectivity index (χ0v) is 7.56. The molecule has 0 aliphatic heterocycles. The Hall–Kier alpha value is -1.16. The maximum atomic E-state index is 9.30. The van der Waals surface area contributed by atoms with Crippen molar-refractivity contribution in [2.75, 3.05) is 0 Å². The molecule has 0 aliphatic carbocycles. The Morgan fingerprint density at radius 2 is 2.08 bits per heavy atom. The average molecular weight is 169 g/mol. The highest BCUT2D eigenvalue weighted by molar-refractivity contribution is 4.67. The van der Waals surface area contributed by atoms with Crippen LogP contribution in [0.2, 0.25) is 0 Å². The van der Waals surface area contributed by atoms with Crippen LogP contribution in [0, 0.1) is 0 Å². The van der Waals surface area contributed by atoms with Gasteiger partial charge in [0.2, 0.25) is 0 Å². The van der Waals surface area contributed by atoms with Crippen LogP contribution in [0.15, 0.2) is 25.8 Å². The van der Waals surface area contributed by atoms with Crippen LogP contribution in [0.25, 0.3) is 0 Å². The van der Waals surface area contributed by atoms with Crippen LogP contribution >= 0.6 is 0 Å². The van der Waals surface area contributed by atoms with Gasteiger partial charge in [-0.2, -0.15) is 5.10 Å². The molecule has 0 spiro atoms. The molecule has 0 radical (unpaired) electrons. The van der Waals surface area contributed by atoms with Gasteiger partial charge in [-0.25, -0.2) is 4.98 Å². The molecule has 1 heterocycles. The molecule has 0 bridgehead atoms. The molecule has 68 valence electrons. The molecule has 0 atom stereocenters. The highest BCUT2D eigenvalue weighted by atomic mass is 16.3. The largest absolute Gasteiger partial charge is 0.389 e. The number of hydrogen-bond donors (Lipinski definition) is 1. The first-order chi connectivity index (χ1) is 5.58. The van der Waals surface area contributed by atoms with Gasteiger partial charge in [-0.3, -0.25) is 4.68 Å². The summed E-state index contributed by atoms with van der Waals surface area (Å²) in [6.45, 7) is 9.94. The number of aromatic nitrogens is 3. The van der Waals surface area contributed by atoms with Gasteiger partial charge in [-0.05, 0) is 13.8 Å². The summed E-state index contributed by atoms with van der Waals surface area (Å²) in [6, 6.07) is 0. The maximum absolute atomic E-state index is 9.30. The third-order valence-corrected chi connectivity index (χ3v) is 1.02. The maximum Gasteiger partial charge on any atom is 0.137 e. The Morgan fingerprint density at radius 1 is 1.50 bits per heavy atom. The predicted octanol–water partition coefficient (Wildman–Crippen LogP) is 0.851. The van der Waals surface area contributed by atoms with Gasteiger partial charge in [0.15, 0.2) is 0 Å². The zero-order chi connectivity index (χ0) is 9.61. The van der Waals surface area contributed by atoms with Crippen molar-refractivity contribution in [3.8, 4) is 0 Å². The molecule has 1 N–H and O–H groups in total. The first-order valence-electron chi connectivity index (χ1n) is 3.63. The number of nitrogens with zero attached hydrogens (tertiary/aromatic N) is 3. The summed E-state index contributed by atoms with van der Waals surface area (Å²) in [7, 11) is 0. The lowest BCUT2D eigenvalue weighted by Gasteiger charge is -2.15. The van der Waals surface area contributed by atoms with Crippen molar-refractivity contribution in [3.05, 3.63) is 25.8 Å². The van der Waals surface area contributed by atoms with Gasteiger partial charge in [0.25, 0.3) is 0 Å². The third kappa shape index (κ3) is 4.62. The molecule has 12 heavy (non-hydrogen) atoms. The number of aliphatic hydroxyl groups is 1. The van der Waals surface area contributed by atoms with E-state index < -0.39 is 5.60 Å². The van der Waals surface area contributed by atoms with Crippen molar-refractivity contribution in [2.45, 2.75) is 26.0 Å². The second kappa shape index (κ2) is 4.66. The molecule has 0 aliphatic rings. The van der Waals surface area contributed by atoms with Crippen LogP contribution in [0.3, 0.4) is 0 Å². The van der Waals surface area contributed by atoms with Crippen LogP contribution in [0.4, 0.5) is 0 Å². The molecule has 0 unspecified atom stereocenters. The Balaban J connectivity index is 0.000000561. The molecule has 0 saturated carbocycles. The summed E-state index contributed by atoms with van der Waals surface area (Å²) in [6.07, 6.45) is 3.03. The van der Waals surface area contributed by atoms with Gasteiger partial charge in [0, 0.05) is 0 Å². The second-order valence-corrected chi connectivity index (χ2v) is 2.91. The van der Waals surface area contributed by atoms with E-state index in [1.54, 1.807) is 24.9 Å². The minimum absolute atomic E-state index is 0.479. The molecule has 0 amide bonds. The van der Waals surface area contributed by atoms with Gasteiger partial charge >= 0.3 is 0 Å². The number of rotatable bonds is 2. The summed E-state index contributed by atoms with van der Waals surface area (Å²) < 4.78 is 1.60. The van der Waals surface area contributed by atoms with E-state index >= 15 is 0 Å². The highest BCUT2D eigenvalue weighted by Gasteiger charge is 2.12. The first kappa shape index (κ1) is 10.8. The van der Waals surface area contributed by atoms with E-state index in [2.05, 4.69) is 23.2 Å². The fraction of sp³-hybridized carbons (Fsp3) is 0.500. The normalized spacial score (nSPS) is 10.2. The van der Waals surface area contributed by atoms with Crippen molar-refractivity contribution in [2.24, 2.45) is 0 Å².